The molecule has 1 heterocycles. The highest BCUT2D eigenvalue weighted by molar-refractivity contribution is 5.84. The van der Waals surface area contributed by atoms with Crippen LogP contribution in [0.15, 0.2) is 24.4 Å². The maximum Gasteiger partial charge on any atom is 0.317 e. The third kappa shape index (κ3) is 11.8. The van der Waals surface area contributed by atoms with Crippen molar-refractivity contribution in [3.63, 3.8) is 0 Å². The van der Waals surface area contributed by atoms with Crippen LogP contribution in [0.5, 0.6) is 5.75 Å². The second-order valence-electron chi connectivity index (χ2n) is 8.92. The summed E-state index contributed by atoms with van der Waals surface area (Å²) in [6.07, 6.45) is 2.24. The van der Waals surface area contributed by atoms with E-state index in [-0.39, 0.29) is 45.0 Å². The van der Waals surface area contributed by atoms with Crippen LogP contribution in [-0.4, -0.2) is 140 Å². The molecule has 214 valence electrons. The first-order valence-electron chi connectivity index (χ1n) is 12.0. The van der Waals surface area contributed by atoms with Gasteiger partial charge in [0.1, 0.15) is 5.75 Å². The zero-order chi connectivity index (χ0) is 28.9. The number of nitrogens with one attached hydrogen (secondary N) is 2. The number of nitrogens with zero attached hydrogens (tertiary/aromatic N) is 3. The van der Waals surface area contributed by atoms with E-state index in [1.165, 1.54) is 9.80 Å². The summed E-state index contributed by atoms with van der Waals surface area (Å²) in [7, 11) is 0. The molecule has 1 aromatic carbocycles. The molecular weight excluding hydrogens is 518 g/mol. The molecule has 15 heteroatoms. The standard InChI is InChI=1S/C24H33N5O10/c30-17-1-2-19-18(9-17)16(10-26-19)3-4-25-20(31)11-28(13-22(34)35)7-5-27(12-21(32)33)6-8-29(14-23(36)37)15-24(38)39/h1-2,9-10,26,30H,3-8,11-15H2,(H,25,31)(H,32,33)(H,34,35)(H,36,37)(H,38,39). The van der Waals surface area contributed by atoms with E-state index in [2.05, 4.69) is 10.3 Å². The monoisotopic (exact) mass is 551 g/mol. The quantitative estimate of drug-likeness (QED) is 0.109. The first-order chi connectivity index (χ1) is 18.4. The molecule has 7 N–H and O–H groups in total. The van der Waals surface area contributed by atoms with Crippen molar-refractivity contribution in [2.45, 2.75) is 6.42 Å². The molecule has 0 aliphatic rings. The van der Waals surface area contributed by atoms with Gasteiger partial charge in [0.2, 0.25) is 5.91 Å². The maximum atomic E-state index is 12.5. The smallest absolute Gasteiger partial charge is 0.317 e. The lowest BCUT2D eigenvalue weighted by molar-refractivity contribution is -0.143. The predicted molar refractivity (Wildman–Crippen MR) is 137 cm³/mol. The minimum Gasteiger partial charge on any atom is -0.508 e. The van der Waals surface area contributed by atoms with Crippen molar-refractivity contribution >= 4 is 40.7 Å². The van der Waals surface area contributed by atoms with Crippen LogP contribution in [0.3, 0.4) is 0 Å². The van der Waals surface area contributed by atoms with E-state index < -0.39 is 56.0 Å². The normalized spacial score (nSPS) is 11.4. The number of H-pyrrole nitrogens is 1. The third-order valence-corrected chi connectivity index (χ3v) is 5.74. The summed E-state index contributed by atoms with van der Waals surface area (Å²) in [5.74, 6) is -5.14. The number of hydrogen-bond acceptors (Lipinski definition) is 9. The molecule has 15 nitrogen and oxygen atoms in total. The number of carbonyl (C=O) groups is 5. The average Bonchev–Trinajstić information content (AvgIpc) is 3.21. The Hall–Kier alpha value is -4.21. The molecule has 0 radical (unpaired) electrons. The largest absolute Gasteiger partial charge is 0.508 e. The molecule has 1 amide bonds. The summed E-state index contributed by atoms with van der Waals surface area (Å²) in [6, 6.07) is 4.91. The van der Waals surface area contributed by atoms with E-state index in [0.29, 0.717) is 6.42 Å². The van der Waals surface area contributed by atoms with E-state index in [0.717, 1.165) is 21.4 Å². The minimum absolute atomic E-state index is 0.0140. The summed E-state index contributed by atoms with van der Waals surface area (Å²) in [6.45, 7) is -1.97. The van der Waals surface area contributed by atoms with Gasteiger partial charge in [0, 0.05) is 49.8 Å². The number of hydrogen-bond donors (Lipinski definition) is 7. The van der Waals surface area contributed by atoms with Crippen molar-refractivity contribution in [1.29, 1.82) is 0 Å². The van der Waals surface area contributed by atoms with Gasteiger partial charge in [-0.3, -0.25) is 38.7 Å². The van der Waals surface area contributed by atoms with Gasteiger partial charge in [0.05, 0.1) is 32.7 Å². The number of aliphatic carboxylic acids is 4. The third-order valence-electron chi connectivity index (χ3n) is 5.74. The fraction of sp³-hybridized carbons (Fsp3) is 0.458. The van der Waals surface area contributed by atoms with Crippen molar-refractivity contribution in [1.82, 2.24) is 25.0 Å². The highest BCUT2D eigenvalue weighted by Gasteiger charge is 2.19. The van der Waals surface area contributed by atoms with Gasteiger partial charge >= 0.3 is 23.9 Å². The highest BCUT2D eigenvalue weighted by Crippen LogP contribution is 2.23. The Kier molecular flexibility index (Phi) is 12.1. The number of carbonyl (C=O) groups excluding carboxylic acids is 1. The maximum absolute atomic E-state index is 12.5. The number of carboxylic acids is 4. The molecule has 0 saturated carbocycles. The van der Waals surface area contributed by atoms with Gasteiger partial charge in [0.25, 0.3) is 0 Å². The number of benzene rings is 1. The van der Waals surface area contributed by atoms with E-state index in [1.807, 2.05) is 0 Å². The molecule has 0 fully saturated rings. The molecule has 0 atom stereocenters. The number of aromatic nitrogens is 1. The number of carboxylic acid groups (broad SMARTS) is 4. The molecule has 0 aliphatic heterocycles. The van der Waals surface area contributed by atoms with Crippen LogP contribution >= 0.6 is 0 Å². The Labute approximate surface area is 223 Å². The Morgan fingerprint density at radius 1 is 0.718 bits per heavy atom. The zero-order valence-electron chi connectivity index (χ0n) is 21.2. The van der Waals surface area contributed by atoms with Crippen molar-refractivity contribution in [3.8, 4) is 5.75 Å². The molecular formula is C24H33N5O10. The molecule has 0 spiro atoms. The van der Waals surface area contributed by atoms with E-state index in [9.17, 15) is 39.3 Å². The SMILES string of the molecule is O=C(O)CN(CCN(CC(=O)O)CC(=O)O)CCN(CC(=O)O)CC(=O)NCCc1c[nH]c2ccc(O)cc12. The van der Waals surface area contributed by atoms with Crippen LogP contribution < -0.4 is 5.32 Å². The number of aromatic hydroxyl groups is 1. The molecule has 39 heavy (non-hydrogen) atoms. The number of fused-ring (bicyclic) bond motifs is 1. The van der Waals surface area contributed by atoms with Gasteiger partial charge in [0.15, 0.2) is 0 Å². The predicted octanol–water partition coefficient (Wildman–Crippen LogP) is -1.22. The molecule has 0 saturated heterocycles. The Balaban J connectivity index is 1.91. The van der Waals surface area contributed by atoms with Crippen LogP contribution in [0.25, 0.3) is 10.9 Å². The van der Waals surface area contributed by atoms with Gasteiger partial charge in [-0.25, -0.2) is 0 Å². The van der Waals surface area contributed by atoms with E-state index >= 15 is 0 Å². The summed E-state index contributed by atoms with van der Waals surface area (Å²) < 4.78 is 0. The topological polar surface area (TPSA) is 224 Å². The first kappa shape index (κ1) is 31.0. The van der Waals surface area contributed by atoms with Gasteiger partial charge in [-0.05, 0) is 30.2 Å². The summed E-state index contributed by atoms with van der Waals surface area (Å²) in [5, 5.41) is 49.7. The second kappa shape index (κ2) is 15.3. The summed E-state index contributed by atoms with van der Waals surface area (Å²) in [4.78, 5) is 64.1. The van der Waals surface area contributed by atoms with Crippen molar-refractivity contribution in [2.24, 2.45) is 0 Å². The molecule has 2 aromatic rings. The van der Waals surface area contributed by atoms with Crippen LogP contribution in [0.2, 0.25) is 0 Å². The van der Waals surface area contributed by atoms with E-state index in [4.69, 9.17) is 10.2 Å². The van der Waals surface area contributed by atoms with Gasteiger partial charge < -0.3 is 35.8 Å². The number of phenolic OH excluding ortho intramolecular Hbond substituents is 1. The minimum atomic E-state index is -1.23. The number of rotatable bonds is 19. The highest BCUT2D eigenvalue weighted by atomic mass is 16.4. The molecule has 0 bridgehead atoms. The Morgan fingerprint density at radius 2 is 1.21 bits per heavy atom. The lowest BCUT2D eigenvalue weighted by atomic mass is 10.1. The average molecular weight is 552 g/mol. The van der Waals surface area contributed by atoms with Crippen LogP contribution in [0.4, 0.5) is 0 Å². The van der Waals surface area contributed by atoms with Crippen molar-refractivity contribution < 1.29 is 49.5 Å². The summed E-state index contributed by atoms with van der Waals surface area (Å²) in [5.41, 5.74) is 1.72. The molecule has 1 aromatic heterocycles. The molecule has 0 unspecified atom stereocenters. The van der Waals surface area contributed by atoms with Crippen LogP contribution in [0.1, 0.15) is 5.56 Å². The Morgan fingerprint density at radius 3 is 1.74 bits per heavy atom. The fourth-order valence-electron chi connectivity index (χ4n) is 4.00. The molecule has 0 aliphatic carbocycles. The number of amides is 1. The first-order valence-corrected chi connectivity index (χ1v) is 12.0. The van der Waals surface area contributed by atoms with Crippen LogP contribution in [0, 0.1) is 0 Å². The van der Waals surface area contributed by atoms with Crippen molar-refractivity contribution in [2.75, 3.05) is 65.4 Å². The fourth-order valence-corrected chi connectivity index (χ4v) is 4.00. The van der Waals surface area contributed by atoms with E-state index in [1.54, 1.807) is 24.4 Å². The second-order valence-corrected chi connectivity index (χ2v) is 8.92. The lowest BCUT2D eigenvalue weighted by Crippen LogP contribution is -2.46. The number of phenols is 1. The van der Waals surface area contributed by atoms with Gasteiger partial charge in [-0.1, -0.05) is 0 Å². The molecule has 2 rings (SSSR count). The lowest BCUT2D eigenvalue weighted by Gasteiger charge is -2.27. The Bertz CT molecular complexity index is 1150. The number of aromatic amines is 1. The van der Waals surface area contributed by atoms with Crippen LogP contribution in [-0.2, 0) is 30.4 Å². The zero-order valence-corrected chi connectivity index (χ0v) is 21.2. The van der Waals surface area contributed by atoms with Crippen molar-refractivity contribution in [3.05, 3.63) is 30.0 Å². The summed E-state index contributed by atoms with van der Waals surface area (Å²) >= 11 is 0. The van der Waals surface area contributed by atoms with Gasteiger partial charge in [-0.15, -0.1) is 0 Å². The van der Waals surface area contributed by atoms with Gasteiger partial charge in [-0.2, -0.15) is 0 Å².